The maximum absolute atomic E-state index is 12.5. The average molecular weight is 782 g/mol. The van der Waals surface area contributed by atoms with E-state index in [1.807, 2.05) is 0 Å². The summed E-state index contributed by atoms with van der Waals surface area (Å²) in [6.07, 6.45) is 29.4. The Labute approximate surface area is 325 Å². The van der Waals surface area contributed by atoms with Crippen LogP contribution >= 0.6 is 0 Å². The average Bonchev–Trinajstić information content (AvgIpc) is 3.12. The fourth-order valence-corrected chi connectivity index (χ4v) is 6.01. The van der Waals surface area contributed by atoms with Crippen LogP contribution in [-0.4, -0.2) is 114 Å². The van der Waals surface area contributed by atoms with Gasteiger partial charge in [-0.05, 0) is 12.8 Å². The predicted molar refractivity (Wildman–Crippen MR) is 214 cm³/mol. The molecule has 0 aliphatic carbocycles. The van der Waals surface area contributed by atoms with Crippen LogP contribution in [-0.2, 0) is 33.6 Å². The maximum Gasteiger partial charge on any atom is 0.220 e. The number of ether oxygens (including phenoxy) is 2. The van der Waals surface area contributed by atoms with Crippen LogP contribution < -0.4 is 10.6 Å². The highest BCUT2D eigenvalue weighted by molar-refractivity contribution is 7.80. The zero-order valence-electron chi connectivity index (χ0n) is 34.6. The van der Waals surface area contributed by atoms with Gasteiger partial charge in [0.25, 0.3) is 0 Å². The van der Waals surface area contributed by atoms with Gasteiger partial charge in [0.15, 0.2) is 0 Å². The summed E-state index contributed by atoms with van der Waals surface area (Å²) >= 11 is 0. The molecular formula is C40H83N3O9S. The van der Waals surface area contributed by atoms with Crippen molar-refractivity contribution in [2.45, 2.75) is 168 Å². The highest BCUT2D eigenvalue weighted by Gasteiger charge is 2.22. The summed E-state index contributed by atoms with van der Waals surface area (Å²) in [5.41, 5.74) is 0. The van der Waals surface area contributed by atoms with Crippen molar-refractivity contribution in [3.63, 3.8) is 0 Å². The van der Waals surface area contributed by atoms with E-state index in [2.05, 4.69) is 35.7 Å². The van der Waals surface area contributed by atoms with E-state index >= 15 is 0 Å². The van der Waals surface area contributed by atoms with Crippen molar-refractivity contribution in [1.29, 1.82) is 0 Å². The van der Waals surface area contributed by atoms with Crippen LogP contribution in [0.3, 0.4) is 0 Å². The summed E-state index contributed by atoms with van der Waals surface area (Å²) in [4.78, 5) is 25.0. The Morgan fingerprint density at radius 3 is 1.21 bits per heavy atom. The topological polar surface area (TPSA) is 163 Å². The molecule has 0 atom stereocenters. The van der Waals surface area contributed by atoms with Gasteiger partial charge in [-0.25, -0.2) is 8.42 Å². The lowest BCUT2D eigenvalue weighted by Crippen LogP contribution is -2.53. The van der Waals surface area contributed by atoms with E-state index in [-0.39, 0.29) is 18.4 Å². The third-order valence-electron chi connectivity index (χ3n) is 9.55. The zero-order valence-corrected chi connectivity index (χ0v) is 35.4. The number of amides is 2. The molecule has 0 aliphatic rings. The molecule has 0 unspecified atom stereocenters. The van der Waals surface area contributed by atoms with E-state index in [0.29, 0.717) is 52.4 Å². The van der Waals surface area contributed by atoms with E-state index in [1.165, 1.54) is 116 Å². The minimum atomic E-state index is -4.41. The number of carbonyl (C=O) groups excluding carboxylic acids is 2. The van der Waals surface area contributed by atoms with Crippen molar-refractivity contribution in [2.75, 3.05) is 79.9 Å². The molecular weight excluding hydrogens is 699 g/mol. The Hall–Kier alpha value is -1.35. The van der Waals surface area contributed by atoms with Gasteiger partial charge in [0, 0.05) is 12.8 Å². The highest BCUT2D eigenvalue weighted by Crippen LogP contribution is 2.13. The molecule has 53 heavy (non-hydrogen) atoms. The molecule has 0 fully saturated rings. The first-order valence-corrected chi connectivity index (χ1v) is 22.5. The molecule has 0 spiro atoms. The first-order valence-electron chi connectivity index (χ1n) is 21.2. The summed E-state index contributed by atoms with van der Waals surface area (Å²) in [6.45, 7) is 10.0. The minimum absolute atomic E-state index is 0.0188. The second kappa shape index (κ2) is 40.3. The molecule has 0 saturated carbocycles. The number of nitrogens with one attached hydrogen (secondary N) is 2. The van der Waals surface area contributed by atoms with Crippen LogP contribution in [0.4, 0.5) is 0 Å². The van der Waals surface area contributed by atoms with Gasteiger partial charge in [-0.15, -0.1) is 0 Å². The number of quaternary nitrogens is 1. The third-order valence-corrected chi connectivity index (χ3v) is 9.96. The lowest BCUT2D eigenvalue weighted by atomic mass is 10.1. The summed E-state index contributed by atoms with van der Waals surface area (Å²) in [5.74, 6) is 0.287. The van der Waals surface area contributed by atoms with Crippen molar-refractivity contribution >= 4 is 22.2 Å². The third kappa shape index (κ3) is 44.9. The molecule has 3 N–H and O–H groups in total. The first-order chi connectivity index (χ1) is 25.5. The van der Waals surface area contributed by atoms with Crippen LogP contribution in [0.25, 0.3) is 0 Å². The zero-order chi connectivity index (χ0) is 39.7. The maximum atomic E-state index is 12.5. The molecule has 0 aromatic rings. The first kappa shape index (κ1) is 53.8. The van der Waals surface area contributed by atoms with Crippen LogP contribution in [0.1, 0.15) is 168 Å². The summed E-state index contributed by atoms with van der Waals surface area (Å²) in [6, 6.07) is 0. The minimum Gasteiger partial charge on any atom is -0.726 e. The summed E-state index contributed by atoms with van der Waals surface area (Å²) < 4.78 is 42.8. The Bertz CT molecular complexity index is 866. The number of hydrogen-bond acceptors (Lipinski definition) is 9. The number of nitrogens with zero attached hydrogens (tertiary/aromatic N) is 1. The molecule has 0 bridgehead atoms. The molecule has 0 rings (SSSR count). The van der Waals surface area contributed by atoms with Crippen molar-refractivity contribution in [2.24, 2.45) is 0 Å². The Morgan fingerprint density at radius 1 is 0.566 bits per heavy atom. The molecule has 2 amide bonds. The number of rotatable bonds is 39. The van der Waals surface area contributed by atoms with Gasteiger partial charge in [0.2, 0.25) is 22.2 Å². The van der Waals surface area contributed by atoms with Gasteiger partial charge in [-0.3, -0.25) is 13.8 Å². The molecule has 0 saturated heterocycles. The largest absolute Gasteiger partial charge is 0.726 e. The van der Waals surface area contributed by atoms with Gasteiger partial charge < -0.3 is 34.2 Å². The van der Waals surface area contributed by atoms with Crippen molar-refractivity contribution in [1.82, 2.24) is 10.6 Å². The number of aliphatic hydroxyl groups is 1. The number of unbranched alkanes of at least 4 members (excludes halogenated alkanes) is 20. The molecule has 0 heterocycles. The smallest absolute Gasteiger partial charge is 0.220 e. The van der Waals surface area contributed by atoms with Crippen LogP contribution in [0.15, 0.2) is 0 Å². The number of carbonyl (C=O) groups is 2. The fraction of sp³-hybridized carbons (Fsp3) is 0.950. The highest BCUT2D eigenvalue weighted by atomic mass is 32.3. The fourth-order valence-electron chi connectivity index (χ4n) is 6.01. The number of aliphatic hydroxyl groups excluding tert-OH is 1. The quantitative estimate of drug-likeness (QED) is 0.0254. The lowest BCUT2D eigenvalue weighted by Gasteiger charge is -2.34. The second-order valence-corrected chi connectivity index (χ2v) is 15.7. The van der Waals surface area contributed by atoms with Gasteiger partial charge in [-0.2, -0.15) is 0 Å². The molecule has 0 radical (unpaired) electrons. The van der Waals surface area contributed by atoms with Gasteiger partial charge in [-0.1, -0.05) is 142 Å². The Balaban J connectivity index is 0. The number of hydrogen-bond donors (Lipinski definition) is 3. The van der Waals surface area contributed by atoms with Crippen molar-refractivity contribution in [3.05, 3.63) is 0 Å². The Morgan fingerprint density at radius 2 is 0.887 bits per heavy atom. The predicted octanol–water partition coefficient (Wildman–Crippen LogP) is 7.19. The Kier molecular flexibility index (Phi) is 40.9. The molecule has 12 nitrogen and oxygen atoms in total. The van der Waals surface area contributed by atoms with Gasteiger partial charge in [0.1, 0.15) is 6.54 Å². The standard InChI is InChI=1S/C39H79N3O5.CH4O4S/c1-4-6-8-10-12-14-16-18-20-22-24-26-38(44)40-28-30-42(3,32-34-46-36-37-47-35-33-43)31-29-41-39(45)27-25-23-21-19-17-15-13-11-9-7-5-2;1-5-6(2,3)4/h43H,4-37H2,1-3H3,(H-,40,41,44,45);1H3,(H,2,3,4). The molecule has 0 aromatic heterocycles. The van der Waals surface area contributed by atoms with Crippen LogP contribution in [0, 0.1) is 0 Å². The van der Waals surface area contributed by atoms with E-state index in [4.69, 9.17) is 14.6 Å². The molecule has 318 valence electrons. The summed E-state index contributed by atoms with van der Waals surface area (Å²) in [7, 11) is -1.43. The van der Waals surface area contributed by atoms with Crippen LogP contribution in [0.2, 0.25) is 0 Å². The monoisotopic (exact) mass is 782 g/mol. The normalized spacial score (nSPS) is 11.7. The summed E-state index contributed by atoms with van der Waals surface area (Å²) in [5, 5.41) is 15.1. The molecule has 0 aliphatic heterocycles. The SMILES string of the molecule is CCCCCCCCCCCCCC(=O)NCC[N+](C)(CCNC(=O)CCCCCCCCCCCCC)CCOCCOCCO.COS(=O)(=O)[O-]. The molecule has 13 heteroatoms. The van der Waals surface area contributed by atoms with Gasteiger partial charge >= 0.3 is 0 Å². The van der Waals surface area contributed by atoms with Gasteiger partial charge in [0.05, 0.1) is 73.4 Å². The van der Waals surface area contributed by atoms with E-state index < -0.39 is 10.4 Å². The van der Waals surface area contributed by atoms with E-state index in [0.717, 1.165) is 56.9 Å². The van der Waals surface area contributed by atoms with Crippen molar-refractivity contribution < 1.29 is 45.8 Å². The second-order valence-electron chi connectivity index (χ2n) is 14.6. The number of likely N-dealkylation sites (N-methyl/N-ethyl adjacent to an activating group) is 1. The lowest BCUT2D eigenvalue weighted by molar-refractivity contribution is -0.907. The van der Waals surface area contributed by atoms with Crippen LogP contribution in [0.5, 0.6) is 0 Å². The van der Waals surface area contributed by atoms with E-state index in [1.54, 1.807) is 0 Å². The van der Waals surface area contributed by atoms with Crippen molar-refractivity contribution in [3.8, 4) is 0 Å². The van der Waals surface area contributed by atoms with E-state index in [9.17, 15) is 22.6 Å². The molecule has 0 aromatic carbocycles.